The molecule has 1 aromatic heterocycles. The molecule has 0 fully saturated rings. The summed E-state index contributed by atoms with van der Waals surface area (Å²) >= 11 is 1.71. The molecule has 0 amide bonds. The Kier molecular flexibility index (Phi) is 1.73. The molecule has 1 aliphatic rings. The van der Waals surface area contributed by atoms with Crippen LogP contribution >= 0.6 is 11.3 Å². The summed E-state index contributed by atoms with van der Waals surface area (Å²) in [4.78, 5) is 7.52. The molecule has 1 aromatic carbocycles. The van der Waals surface area contributed by atoms with Gasteiger partial charge in [-0.3, -0.25) is 0 Å². The third-order valence-corrected chi connectivity index (χ3v) is 3.82. The highest BCUT2D eigenvalue weighted by atomic mass is 32.1. The predicted octanol–water partition coefficient (Wildman–Crippen LogP) is 2.01. The molecule has 0 aliphatic carbocycles. The number of nitrogens with two attached hydrogens (primary N) is 1. The van der Waals surface area contributed by atoms with Crippen LogP contribution < -0.4 is 10.6 Å². The minimum Gasteiger partial charge on any atom is -0.383 e. The first-order valence-electron chi connectivity index (χ1n) is 4.80. The molecule has 0 atom stereocenters. The summed E-state index contributed by atoms with van der Waals surface area (Å²) in [7, 11) is 2.05. The fraction of sp³-hybridized carbons (Fsp3) is 0.182. The molecule has 0 spiro atoms. The van der Waals surface area contributed by atoms with Crippen molar-refractivity contribution in [2.24, 2.45) is 10.7 Å². The van der Waals surface area contributed by atoms with Gasteiger partial charge in [-0.1, -0.05) is 18.2 Å². The molecule has 0 saturated heterocycles. The summed E-state index contributed by atoms with van der Waals surface area (Å²) < 4.78 is 1.27. The van der Waals surface area contributed by atoms with Crippen LogP contribution in [0.15, 0.2) is 29.3 Å². The Hall–Kier alpha value is -1.55. The van der Waals surface area contributed by atoms with E-state index >= 15 is 0 Å². The highest BCUT2D eigenvalue weighted by Gasteiger charge is 2.20. The van der Waals surface area contributed by atoms with Crippen molar-refractivity contribution in [2.75, 3.05) is 18.6 Å². The summed E-state index contributed by atoms with van der Waals surface area (Å²) in [5.74, 6) is 0.671. The SMILES string of the molecule is CN1CN=C(N)c2sc3ccccc3c21. The molecule has 3 nitrogen and oxygen atoms in total. The van der Waals surface area contributed by atoms with E-state index in [1.54, 1.807) is 11.3 Å². The van der Waals surface area contributed by atoms with Crippen molar-refractivity contribution >= 4 is 32.9 Å². The third-order valence-electron chi connectivity index (χ3n) is 2.64. The van der Waals surface area contributed by atoms with Gasteiger partial charge in [-0.25, -0.2) is 4.99 Å². The van der Waals surface area contributed by atoms with E-state index in [2.05, 4.69) is 34.2 Å². The third kappa shape index (κ3) is 1.15. The van der Waals surface area contributed by atoms with Gasteiger partial charge in [0.15, 0.2) is 0 Å². The van der Waals surface area contributed by atoms with E-state index < -0.39 is 0 Å². The molecule has 0 saturated carbocycles. The maximum Gasteiger partial charge on any atom is 0.139 e. The van der Waals surface area contributed by atoms with E-state index in [1.165, 1.54) is 15.8 Å². The second-order valence-electron chi connectivity index (χ2n) is 3.66. The summed E-state index contributed by atoms with van der Waals surface area (Å²) in [6.07, 6.45) is 0. The lowest BCUT2D eigenvalue weighted by Crippen LogP contribution is -2.28. The lowest BCUT2D eigenvalue weighted by Gasteiger charge is -2.22. The first-order valence-corrected chi connectivity index (χ1v) is 5.62. The van der Waals surface area contributed by atoms with Crippen LogP contribution in [0.4, 0.5) is 5.69 Å². The van der Waals surface area contributed by atoms with Crippen LogP contribution in [0.1, 0.15) is 4.88 Å². The molecule has 3 rings (SSSR count). The summed E-state index contributed by atoms with van der Waals surface area (Å²) in [6, 6.07) is 8.38. The van der Waals surface area contributed by atoms with Crippen LogP contribution in [0.3, 0.4) is 0 Å². The molecule has 0 unspecified atom stereocenters. The second kappa shape index (κ2) is 2.97. The van der Waals surface area contributed by atoms with E-state index in [9.17, 15) is 0 Å². The first-order chi connectivity index (χ1) is 7.27. The molecule has 15 heavy (non-hydrogen) atoms. The van der Waals surface area contributed by atoms with Crippen molar-refractivity contribution in [1.29, 1.82) is 0 Å². The minimum absolute atomic E-state index is 0.652. The Bertz CT molecular complexity index is 556. The molecule has 0 bridgehead atoms. The van der Waals surface area contributed by atoms with Gasteiger partial charge >= 0.3 is 0 Å². The van der Waals surface area contributed by atoms with Crippen molar-refractivity contribution in [2.45, 2.75) is 0 Å². The lowest BCUT2D eigenvalue weighted by atomic mass is 10.2. The van der Waals surface area contributed by atoms with E-state index in [4.69, 9.17) is 5.73 Å². The van der Waals surface area contributed by atoms with Crippen molar-refractivity contribution in [1.82, 2.24) is 0 Å². The molecular formula is C11H11N3S. The average Bonchev–Trinajstić information content (AvgIpc) is 2.64. The number of hydrogen-bond acceptors (Lipinski definition) is 4. The topological polar surface area (TPSA) is 41.6 Å². The normalized spacial score (nSPS) is 15.3. The molecule has 2 N–H and O–H groups in total. The lowest BCUT2D eigenvalue weighted by molar-refractivity contribution is 0.923. The summed E-state index contributed by atoms with van der Waals surface area (Å²) in [6.45, 7) is 0.652. The van der Waals surface area contributed by atoms with Gasteiger partial charge in [0.2, 0.25) is 0 Å². The number of nitrogens with zero attached hydrogens (tertiary/aromatic N) is 2. The van der Waals surface area contributed by atoms with Crippen molar-refractivity contribution < 1.29 is 0 Å². The van der Waals surface area contributed by atoms with E-state index in [-0.39, 0.29) is 0 Å². The molecule has 4 heteroatoms. The van der Waals surface area contributed by atoms with Crippen molar-refractivity contribution in [3.8, 4) is 0 Å². The van der Waals surface area contributed by atoms with E-state index in [0.29, 0.717) is 12.5 Å². The van der Waals surface area contributed by atoms with Gasteiger partial charge in [-0.15, -0.1) is 11.3 Å². The van der Waals surface area contributed by atoms with Gasteiger partial charge in [0.25, 0.3) is 0 Å². The number of aliphatic imine (C=N–C) groups is 1. The molecular weight excluding hydrogens is 206 g/mol. The Balaban J connectivity index is 2.40. The number of thiophene rings is 1. The maximum atomic E-state index is 5.91. The zero-order valence-electron chi connectivity index (χ0n) is 8.40. The quantitative estimate of drug-likeness (QED) is 0.733. The number of benzene rings is 1. The van der Waals surface area contributed by atoms with E-state index in [0.717, 1.165) is 4.88 Å². The Morgan fingerprint density at radius 3 is 3.07 bits per heavy atom. The van der Waals surface area contributed by atoms with Gasteiger partial charge in [-0.05, 0) is 6.07 Å². The summed E-state index contributed by atoms with van der Waals surface area (Å²) in [5, 5.41) is 1.28. The Labute approximate surface area is 91.8 Å². The predicted molar refractivity (Wildman–Crippen MR) is 65.8 cm³/mol. The molecule has 0 radical (unpaired) electrons. The standard InChI is InChI=1S/C11H11N3S/c1-14-6-13-11(12)10-9(14)7-4-2-3-5-8(7)15-10/h2-5H,6H2,1H3,(H2,12,13). The van der Waals surface area contributed by atoms with E-state index in [1.807, 2.05) is 7.05 Å². The average molecular weight is 217 g/mol. The minimum atomic E-state index is 0.652. The summed E-state index contributed by atoms with van der Waals surface area (Å²) in [5.41, 5.74) is 7.13. The highest BCUT2D eigenvalue weighted by Crippen LogP contribution is 2.38. The first kappa shape index (κ1) is 8.73. The maximum absolute atomic E-state index is 5.91. The highest BCUT2D eigenvalue weighted by molar-refractivity contribution is 7.21. The number of amidine groups is 1. The van der Waals surface area contributed by atoms with Gasteiger partial charge < -0.3 is 10.6 Å². The van der Waals surface area contributed by atoms with Crippen LogP contribution in [0.2, 0.25) is 0 Å². The second-order valence-corrected chi connectivity index (χ2v) is 4.71. The van der Waals surface area contributed by atoms with Crippen LogP contribution in [-0.2, 0) is 0 Å². The van der Waals surface area contributed by atoms with Gasteiger partial charge in [0.05, 0.1) is 10.6 Å². The van der Waals surface area contributed by atoms with Crippen LogP contribution in [0, 0.1) is 0 Å². The van der Waals surface area contributed by atoms with Crippen molar-refractivity contribution in [3.63, 3.8) is 0 Å². The molecule has 2 aromatic rings. The Morgan fingerprint density at radius 1 is 1.40 bits per heavy atom. The van der Waals surface area contributed by atoms with Crippen LogP contribution in [0.25, 0.3) is 10.1 Å². The Morgan fingerprint density at radius 2 is 2.20 bits per heavy atom. The fourth-order valence-electron chi connectivity index (χ4n) is 1.91. The zero-order valence-corrected chi connectivity index (χ0v) is 9.21. The molecule has 2 heterocycles. The van der Waals surface area contributed by atoms with Crippen LogP contribution in [0.5, 0.6) is 0 Å². The van der Waals surface area contributed by atoms with Crippen LogP contribution in [-0.4, -0.2) is 19.6 Å². The number of rotatable bonds is 0. The largest absolute Gasteiger partial charge is 0.383 e. The monoisotopic (exact) mass is 217 g/mol. The smallest absolute Gasteiger partial charge is 0.139 e. The van der Waals surface area contributed by atoms with Gasteiger partial charge in [-0.2, -0.15) is 0 Å². The molecule has 76 valence electrons. The van der Waals surface area contributed by atoms with Gasteiger partial charge in [0.1, 0.15) is 12.5 Å². The van der Waals surface area contributed by atoms with Gasteiger partial charge in [0, 0.05) is 17.1 Å². The fourth-order valence-corrected chi connectivity index (χ4v) is 3.08. The number of anilines is 1. The number of hydrogen-bond donors (Lipinski definition) is 1. The molecule has 1 aliphatic heterocycles. The zero-order chi connectivity index (χ0) is 10.4. The number of fused-ring (bicyclic) bond motifs is 3. The van der Waals surface area contributed by atoms with Crippen molar-refractivity contribution in [3.05, 3.63) is 29.1 Å².